The molecule has 1 rings (SSSR count). The van der Waals surface area contributed by atoms with Crippen LogP contribution in [-0.2, 0) is 0 Å². The highest BCUT2D eigenvalue weighted by Crippen LogP contribution is 2.17. The van der Waals surface area contributed by atoms with Gasteiger partial charge in [-0.1, -0.05) is 20.3 Å². The van der Waals surface area contributed by atoms with Gasteiger partial charge in [0.2, 0.25) is 0 Å². The lowest BCUT2D eigenvalue weighted by Crippen LogP contribution is -2.39. The Morgan fingerprint density at radius 2 is 2.06 bits per heavy atom. The molecular weight excluding hydrogens is 210 g/mol. The van der Waals surface area contributed by atoms with Crippen LogP contribution in [0.3, 0.4) is 0 Å². The van der Waals surface area contributed by atoms with Crippen molar-refractivity contribution in [2.45, 2.75) is 51.6 Å². The molecule has 17 heavy (non-hydrogen) atoms. The van der Waals surface area contributed by atoms with Crippen molar-refractivity contribution in [1.82, 2.24) is 15.1 Å². The fraction of sp³-hybridized carbons (Fsp3) is 1.00. The molecule has 1 heterocycles. The van der Waals surface area contributed by atoms with Crippen LogP contribution in [0.15, 0.2) is 0 Å². The summed E-state index contributed by atoms with van der Waals surface area (Å²) in [5, 5.41) is 3.47. The van der Waals surface area contributed by atoms with Crippen molar-refractivity contribution < 1.29 is 0 Å². The summed E-state index contributed by atoms with van der Waals surface area (Å²) in [6.07, 6.45) is 5.54. The first-order chi connectivity index (χ1) is 8.09. The van der Waals surface area contributed by atoms with Gasteiger partial charge in [-0.25, -0.2) is 0 Å². The molecule has 0 aromatic rings. The Morgan fingerprint density at radius 3 is 2.71 bits per heavy atom. The smallest absolute Gasteiger partial charge is 0.0104 e. The van der Waals surface area contributed by atoms with E-state index in [-0.39, 0.29) is 0 Å². The summed E-state index contributed by atoms with van der Waals surface area (Å²) in [5.74, 6) is 0. The summed E-state index contributed by atoms with van der Waals surface area (Å²) >= 11 is 0. The average molecular weight is 241 g/mol. The summed E-state index contributed by atoms with van der Waals surface area (Å²) in [6.45, 7) is 9.20. The van der Waals surface area contributed by atoms with Crippen LogP contribution in [0, 0.1) is 0 Å². The zero-order chi connectivity index (χ0) is 12.7. The van der Waals surface area contributed by atoms with Crippen LogP contribution in [0.4, 0.5) is 0 Å². The second-order valence-corrected chi connectivity index (χ2v) is 5.83. The third-order valence-corrected chi connectivity index (χ3v) is 3.81. The molecule has 1 saturated heterocycles. The number of hydrogen-bond acceptors (Lipinski definition) is 3. The minimum Gasteiger partial charge on any atom is -0.313 e. The summed E-state index contributed by atoms with van der Waals surface area (Å²) < 4.78 is 0. The van der Waals surface area contributed by atoms with Gasteiger partial charge in [0.05, 0.1) is 0 Å². The molecule has 0 aromatic carbocycles. The highest BCUT2D eigenvalue weighted by Gasteiger charge is 2.18. The van der Waals surface area contributed by atoms with Crippen LogP contribution in [0.5, 0.6) is 0 Å². The SMILES string of the molecule is CC(C)NCCN(C)CCC1CCCCN1C. The Bertz CT molecular complexity index is 194. The van der Waals surface area contributed by atoms with Crippen molar-refractivity contribution in [2.24, 2.45) is 0 Å². The van der Waals surface area contributed by atoms with Crippen LogP contribution in [0.25, 0.3) is 0 Å². The lowest BCUT2D eigenvalue weighted by atomic mass is 10.00. The predicted octanol–water partition coefficient (Wildman–Crippen LogP) is 1.79. The molecular formula is C14H31N3. The van der Waals surface area contributed by atoms with E-state index in [1.807, 2.05) is 0 Å². The largest absolute Gasteiger partial charge is 0.313 e. The number of rotatable bonds is 7. The minimum atomic E-state index is 0.605. The molecule has 1 unspecified atom stereocenters. The summed E-state index contributed by atoms with van der Waals surface area (Å²) in [6, 6.07) is 1.43. The Kier molecular flexibility index (Phi) is 7.09. The van der Waals surface area contributed by atoms with E-state index in [0.29, 0.717) is 6.04 Å². The third kappa shape index (κ3) is 6.39. The fourth-order valence-corrected chi connectivity index (χ4v) is 2.53. The van der Waals surface area contributed by atoms with Crippen molar-refractivity contribution in [3.8, 4) is 0 Å². The first kappa shape index (κ1) is 14.9. The number of likely N-dealkylation sites (tertiary alicyclic amines) is 1. The van der Waals surface area contributed by atoms with Crippen molar-refractivity contribution in [1.29, 1.82) is 0 Å². The highest BCUT2D eigenvalue weighted by atomic mass is 15.2. The Hall–Kier alpha value is -0.120. The Labute approximate surface area is 108 Å². The van der Waals surface area contributed by atoms with Gasteiger partial charge in [-0.2, -0.15) is 0 Å². The maximum absolute atomic E-state index is 3.47. The zero-order valence-corrected chi connectivity index (χ0v) is 12.2. The quantitative estimate of drug-likeness (QED) is 0.733. The molecule has 102 valence electrons. The van der Waals surface area contributed by atoms with E-state index in [0.717, 1.165) is 19.1 Å². The molecule has 0 aromatic heterocycles. The second-order valence-electron chi connectivity index (χ2n) is 5.83. The molecule has 3 nitrogen and oxygen atoms in total. The van der Waals surface area contributed by atoms with E-state index in [1.54, 1.807) is 0 Å². The first-order valence-electron chi connectivity index (χ1n) is 7.21. The van der Waals surface area contributed by atoms with Crippen molar-refractivity contribution in [3.63, 3.8) is 0 Å². The molecule has 1 N–H and O–H groups in total. The van der Waals surface area contributed by atoms with Gasteiger partial charge >= 0.3 is 0 Å². The zero-order valence-electron chi connectivity index (χ0n) is 12.2. The van der Waals surface area contributed by atoms with Crippen LogP contribution in [0.1, 0.15) is 39.5 Å². The molecule has 0 aliphatic carbocycles. The molecule has 0 amide bonds. The van der Waals surface area contributed by atoms with Crippen LogP contribution >= 0.6 is 0 Å². The van der Waals surface area contributed by atoms with E-state index in [2.05, 4.69) is 43.1 Å². The van der Waals surface area contributed by atoms with Crippen molar-refractivity contribution in [2.75, 3.05) is 40.3 Å². The van der Waals surface area contributed by atoms with Crippen LogP contribution < -0.4 is 5.32 Å². The monoisotopic (exact) mass is 241 g/mol. The molecule has 0 radical (unpaired) electrons. The van der Waals surface area contributed by atoms with Gasteiger partial charge in [0.15, 0.2) is 0 Å². The van der Waals surface area contributed by atoms with Crippen LogP contribution in [0.2, 0.25) is 0 Å². The molecule has 1 aliphatic rings. The third-order valence-electron chi connectivity index (χ3n) is 3.81. The molecule has 1 atom stereocenters. The molecule has 0 saturated carbocycles. The van der Waals surface area contributed by atoms with Crippen LogP contribution in [-0.4, -0.2) is 62.2 Å². The van der Waals surface area contributed by atoms with Crippen molar-refractivity contribution in [3.05, 3.63) is 0 Å². The van der Waals surface area contributed by atoms with Gasteiger partial charge in [0.1, 0.15) is 0 Å². The summed E-state index contributed by atoms with van der Waals surface area (Å²) in [5.41, 5.74) is 0. The number of hydrogen-bond donors (Lipinski definition) is 1. The summed E-state index contributed by atoms with van der Waals surface area (Å²) in [4.78, 5) is 5.00. The Balaban J connectivity index is 2.07. The van der Waals surface area contributed by atoms with E-state index in [4.69, 9.17) is 0 Å². The normalized spacial score (nSPS) is 22.6. The number of nitrogens with one attached hydrogen (secondary N) is 1. The summed E-state index contributed by atoms with van der Waals surface area (Å²) in [7, 11) is 4.52. The standard InChI is InChI=1S/C14H31N3/c1-13(2)15-9-12-16(3)11-8-14-7-5-6-10-17(14)4/h13-15H,5-12H2,1-4H3. The maximum atomic E-state index is 3.47. The topological polar surface area (TPSA) is 18.5 Å². The average Bonchev–Trinajstić information content (AvgIpc) is 2.27. The molecule has 1 aliphatic heterocycles. The number of nitrogens with zero attached hydrogens (tertiary/aromatic N) is 2. The molecule has 0 spiro atoms. The van der Waals surface area contributed by atoms with Crippen molar-refractivity contribution >= 4 is 0 Å². The van der Waals surface area contributed by atoms with E-state index in [9.17, 15) is 0 Å². The van der Waals surface area contributed by atoms with Gasteiger partial charge < -0.3 is 15.1 Å². The van der Waals surface area contributed by atoms with E-state index in [1.165, 1.54) is 38.8 Å². The highest BCUT2D eigenvalue weighted by molar-refractivity contribution is 4.75. The Morgan fingerprint density at radius 1 is 1.29 bits per heavy atom. The van der Waals surface area contributed by atoms with Gasteiger partial charge in [-0.15, -0.1) is 0 Å². The van der Waals surface area contributed by atoms with Gasteiger partial charge in [0, 0.05) is 25.2 Å². The van der Waals surface area contributed by atoms with Gasteiger partial charge in [-0.05, 0) is 46.4 Å². The van der Waals surface area contributed by atoms with E-state index >= 15 is 0 Å². The van der Waals surface area contributed by atoms with Gasteiger partial charge in [0.25, 0.3) is 0 Å². The van der Waals surface area contributed by atoms with E-state index < -0.39 is 0 Å². The lowest BCUT2D eigenvalue weighted by Gasteiger charge is -2.33. The second kappa shape index (κ2) is 8.06. The van der Waals surface area contributed by atoms with Gasteiger partial charge in [-0.3, -0.25) is 0 Å². The number of piperidine rings is 1. The first-order valence-corrected chi connectivity index (χ1v) is 7.21. The minimum absolute atomic E-state index is 0.605. The fourth-order valence-electron chi connectivity index (χ4n) is 2.53. The lowest BCUT2D eigenvalue weighted by molar-refractivity contribution is 0.160. The predicted molar refractivity (Wildman–Crippen MR) is 75.5 cm³/mol. The number of likely N-dealkylation sites (N-methyl/N-ethyl adjacent to an activating group) is 1. The molecule has 0 bridgehead atoms. The maximum Gasteiger partial charge on any atom is 0.0104 e. The molecule has 3 heteroatoms. The molecule has 1 fully saturated rings.